The second kappa shape index (κ2) is 12.1. The molecule has 1 aromatic heterocycles. The molecule has 3 atom stereocenters. The molecule has 3 aromatic rings. The highest BCUT2D eigenvalue weighted by Crippen LogP contribution is 2.42. The highest BCUT2D eigenvalue weighted by Gasteiger charge is 2.61. The molecule has 1 aliphatic heterocycles. The normalized spacial score (nSPS) is 18.2. The molecule has 4 rings (SSSR count). The van der Waals surface area contributed by atoms with Crippen molar-refractivity contribution in [2.45, 2.75) is 57.8 Å². The molecule has 40 heavy (non-hydrogen) atoms. The quantitative estimate of drug-likeness (QED) is 0.265. The van der Waals surface area contributed by atoms with Crippen molar-refractivity contribution in [3.05, 3.63) is 94.7 Å². The maximum Gasteiger partial charge on any atom is 0.236 e. The summed E-state index contributed by atoms with van der Waals surface area (Å²) in [6.45, 7) is 4.29. The number of aromatic nitrogens is 1. The van der Waals surface area contributed by atoms with Crippen molar-refractivity contribution in [2.24, 2.45) is 22.6 Å². The summed E-state index contributed by atoms with van der Waals surface area (Å²) in [5, 5.41) is 0. The van der Waals surface area contributed by atoms with Gasteiger partial charge in [-0.3, -0.25) is 19.3 Å². The van der Waals surface area contributed by atoms with Gasteiger partial charge in [0.25, 0.3) is 0 Å². The zero-order chi connectivity index (χ0) is 29.0. The predicted octanol–water partition coefficient (Wildman–Crippen LogP) is 1.60. The van der Waals surface area contributed by atoms with Crippen LogP contribution in [0.1, 0.15) is 34.4 Å². The average Bonchev–Trinajstić information content (AvgIpc) is 3.31. The molecule has 8 N–H and O–H groups in total. The highest BCUT2D eigenvalue weighted by molar-refractivity contribution is 6.15. The summed E-state index contributed by atoms with van der Waals surface area (Å²) in [6, 6.07) is 17.1. The zero-order valence-corrected chi connectivity index (χ0v) is 23.0. The number of hydrogen-bond donors (Lipinski definition) is 4. The van der Waals surface area contributed by atoms with E-state index in [1.807, 2.05) is 74.5 Å². The molecule has 2 heterocycles. The molecular formula is C31H38N6O3. The van der Waals surface area contributed by atoms with E-state index in [9.17, 15) is 14.4 Å². The first-order valence-corrected chi connectivity index (χ1v) is 13.5. The smallest absolute Gasteiger partial charge is 0.236 e. The van der Waals surface area contributed by atoms with E-state index < -0.39 is 41.0 Å². The van der Waals surface area contributed by atoms with E-state index in [0.29, 0.717) is 11.5 Å². The number of nitrogen functional groups attached to an aromatic ring is 1. The van der Waals surface area contributed by atoms with Gasteiger partial charge in [0.1, 0.15) is 17.3 Å². The van der Waals surface area contributed by atoms with Crippen LogP contribution in [0.25, 0.3) is 0 Å². The van der Waals surface area contributed by atoms with Crippen molar-refractivity contribution in [3.8, 4) is 0 Å². The Balaban J connectivity index is 1.74. The fourth-order valence-electron chi connectivity index (χ4n) is 6.04. The van der Waals surface area contributed by atoms with Gasteiger partial charge in [-0.15, -0.1) is 0 Å². The van der Waals surface area contributed by atoms with Crippen molar-refractivity contribution in [1.29, 1.82) is 0 Å². The second-order valence-corrected chi connectivity index (χ2v) is 10.7. The third-order valence-corrected chi connectivity index (χ3v) is 7.98. The third-order valence-electron chi connectivity index (χ3n) is 7.98. The molecule has 0 spiro atoms. The van der Waals surface area contributed by atoms with Crippen molar-refractivity contribution < 1.29 is 14.4 Å². The Labute approximate surface area is 234 Å². The summed E-state index contributed by atoms with van der Waals surface area (Å²) in [5.74, 6) is -1.40. The Morgan fingerprint density at radius 2 is 1.43 bits per heavy atom. The lowest BCUT2D eigenvalue weighted by molar-refractivity contribution is -0.148. The summed E-state index contributed by atoms with van der Waals surface area (Å²) in [4.78, 5) is 47.9. The lowest BCUT2D eigenvalue weighted by Crippen LogP contribution is -2.62. The van der Waals surface area contributed by atoms with Crippen molar-refractivity contribution in [2.75, 3.05) is 12.3 Å². The lowest BCUT2D eigenvalue weighted by Gasteiger charge is -2.37. The molecule has 1 amide bonds. The second-order valence-electron chi connectivity index (χ2n) is 10.7. The zero-order valence-electron chi connectivity index (χ0n) is 23.0. The molecule has 0 bridgehead atoms. The number of rotatable bonds is 11. The minimum Gasteiger partial charge on any atom is -0.384 e. The number of carbonyl (C=O) groups is 3. The molecular weight excluding hydrogens is 504 g/mol. The first-order chi connectivity index (χ1) is 19.0. The van der Waals surface area contributed by atoms with E-state index in [-0.39, 0.29) is 32.4 Å². The van der Waals surface area contributed by atoms with Crippen LogP contribution in [0.5, 0.6) is 0 Å². The van der Waals surface area contributed by atoms with Crippen LogP contribution >= 0.6 is 0 Å². The van der Waals surface area contributed by atoms with Crippen molar-refractivity contribution in [1.82, 2.24) is 9.88 Å². The van der Waals surface area contributed by atoms with Crippen LogP contribution in [0.2, 0.25) is 0 Å². The SMILES string of the molecule is Cc1cc(N)nc(C)c1CN1CCC(C(=O)[C@@H](N)Cc2ccccc2)(C(=O)[C@@H](N)Cc2ccccc2)[C@H]1C(N)=O. The number of anilines is 1. The molecule has 9 nitrogen and oxygen atoms in total. The highest BCUT2D eigenvalue weighted by atomic mass is 16.2. The van der Waals surface area contributed by atoms with Crippen LogP contribution in [0.15, 0.2) is 66.7 Å². The van der Waals surface area contributed by atoms with Gasteiger partial charge in [0, 0.05) is 18.8 Å². The van der Waals surface area contributed by atoms with E-state index in [2.05, 4.69) is 4.98 Å². The summed E-state index contributed by atoms with van der Waals surface area (Å²) in [7, 11) is 0. The Morgan fingerprint density at radius 3 is 1.88 bits per heavy atom. The maximum atomic E-state index is 14.3. The number of amides is 1. The Hall–Kier alpha value is -3.92. The topological polar surface area (TPSA) is 171 Å². The van der Waals surface area contributed by atoms with Crippen LogP contribution in [0, 0.1) is 19.3 Å². The van der Waals surface area contributed by atoms with E-state index in [1.54, 1.807) is 11.0 Å². The Bertz CT molecular complexity index is 1300. The van der Waals surface area contributed by atoms with Crippen LogP contribution in [0.3, 0.4) is 0 Å². The minimum absolute atomic E-state index is 0.0871. The van der Waals surface area contributed by atoms with E-state index >= 15 is 0 Å². The largest absolute Gasteiger partial charge is 0.384 e. The molecule has 1 fully saturated rings. The van der Waals surface area contributed by atoms with Gasteiger partial charge >= 0.3 is 0 Å². The summed E-state index contributed by atoms with van der Waals surface area (Å²) < 4.78 is 0. The molecule has 0 unspecified atom stereocenters. The number of nitrogens with zero attached hydrogens (tertiary/aromatic N) is 2. The van der Waals surface area contributed by atoms with Gasteiger partial charge in [0.15, 0.2) is 11.6 Å². The summed E-state index contributed by atoms with van der Waals surface area (Å²) >= 11 is 0. The monoisotopic (exact) mass is 542 g/mol. The van der Waals surface area contributed by atoms with E-state index in [0.717, 1.165) is 22.3 Å². The summed E-state index contributed by atoms with van der Waals surface area (Å²) in [5.41, 5.74) is 27.3. The van der Waals surface area contributed by atoms with Crippen molar-refractivity contribution in [3.63, 3.8) is 0 Å². The van der Waals surface area contributed by atoms with Crippen molar-refractivity contribution >= 4 is 23.3 Å². The molecule has 1 saturated heterocycles. The fraction of sp³-hybridized carbons (Fsp3) is 0.355. The number of hydrogen-bond acceptors (Lipinski definition) is 8. The fourth-order valence-corrected chi connectivity index (χ4v) is 6.04. The number of likely N-dealkylation sites (tertiary alicyclic amines) is 1. The first-order valence-electron chi connectivity index (χ1n) is 13.5. The van der Waals surface area contributed by atoms with Gasteiger partial charge in [0.05, 0.1) is 12.1 Å². The number of carbonyl (C=O) groups excluding carboxylic acids is 3. The van der Waals surface area contributed by atoms with Gasteiger partial charge in [-0.05, 0) is 61.4 Å². The van der Waals surface area contributed by atoms with Gasteiger partial charge in [-0.2, -0.15) is 0 Å². The molecule has 0 aliphatic carbocycles. The van der Waals surface area contributed by atoms with Crippen LogP contribution in [-0.4, -0.2) is 52.0 Å². The van der Waals surface area contributed by atoms with Crippen LogP contribution in [0.4, 0.5) is 5.82 Å². The van der Waals surface area contributed by atoms with Crippen LogP contribution < -0.4 is 22.9 Å². The van der Waals surface area contributed by atoms with Gasteiger partial charge in [-0.25, -0.2) is 4.98 Å². The average molecular weight is 543 g/mol. The molecule has 0 saturated carbocycles. The molecule has 0 radical (unpaired) electrons. The maximum absolute atomic E-state index is 14.3. The molecule has 9 heteroatoms. The van der Waals surface area contributed by atoms with Crippen LogP contribution in [-0.2, 0) is 33.8 Å². The number of aryl methyl sites for hydroxylation is 2. The number of nitrogens with two attached hydrogens (primary N) is 4. The number of pyridine rings is 1. The van der Waals surface area contributed by atoms with Gasteiger partial charge in [0.2, 0.25) is 5.91 Å². The van der Waals surface area contributed by atoms with E-state index in [1.165, 1.54) is 0 Å². The molecule has 1 aliphatic rings. The number of Topliss-reactive ketones (excluding diaryl/α,β-unsaturated/α-hetero) is 2. The predicted molar refractivity (Wildman–Crippen MR) is 155 cm³/mol. The minimum atomic E-state index is -1.78. The first kappa shape index (κ1) is 29.1. The standard InChI is InChI=1S/C31H38N6O3/c1-19-15-26(34)36-20(2)23(19)18-37-14-13-31(27(37)30(35)40,28(38)24(32)16-21-9-5-3-6-10-21)29(39)25(33)17-22-11-7-4-8-12-22/h3-12,15,24-25,27H,13-14,16-18,32-33H2,1-2H3,(H2,34,36)(H2,35,40)/t24-,25-,27+/m0/s1. The Morgan fingerprint density at radius 1 is 0.925 bits per heavy atom. The number of benzene rings is 2. The third kappa shape index (κ3) is 5.82. The van der Waals surface area contributed by atoms with Gasteiger partial charge in [-0.1, -0.05) is 60.7 Å². The van der Waals surface area contributed by atoms with E-state index in [4.69, 9.17) is 22.9 Å². The molecule has 210 valence electrons. The Kier molecular flexibility index (Phi) is 8.78. The lowest BCUT2D eigenvalue weighted by atomic mass is 9.67. The number of primary amides is 1. The number of ketones is 2. The van der Waals surface area contributed by atoms with Gasteiger partial charge < -0.3 is 22.9 Å². The molecule has 2 aromatic carbocycles. The summed E-state index contributed by atoms with van der Waals surface area (Å²) in [6.07, 6.45) is 0.520.